The number of rotatable bonds is 8. The van der Waals surface area contributed by atoms with Crippen LogP contribution in [0.15, 0.2) is 48.5 Å². The van der Waals surface area contributed by atoms with Crippen LogP contribution in [-0.4, -0.2) is 18.4 Å². The van der Waals surface area contributed by atoms with Crippen LogP contribution >= 0.6 is 11.6 Å². The maximum atomic E-state index is 12.4. The van der Waals surface area contributed by atoms with Gasteiger partial charge in [0.25, 0.3) is 5.91 Å². The highest BCUT2D eigenvalue weighted by Crippen LogP contribution is 2.29. The Balaban J connectivity index is 2.11. The zero-order valence-corrected chi connectivity index (χ0v) is 15.8. The van der Waals surface area contributed by atoms with Crippen LogP contribution in [0.1, 0.15) is 42.6 Å². The standard InChI is InChI=1S/C20H24ClN3O2/c1-3-20(4-2,14-9-11-15(21)12-10-14)23-13-18(25)24-17-8-6-5-7-16(17)19(22)26/h5-12,23H,3-4,13H2,1-2H3,(H2,22,26)(H,24,25). The summed E-state index contributed by atoms with van der Waals surface area (Å²) in [6.45, 7) is 4.26. The van der Waals surface area contributed by atoms with Gasteiger partial charge in [0.2, 0.25) is 5.91 Å². The Kier molecular flexibility index (Phi) is 6.77. The van der Waals surface area contributed by atoms with Crippen molar-refractivity contribution in [2.45, 2.75) is 32.2 Å². The predicted molar refractivity (Wildman–Crippen MR) is 105 cm³/mol. The Bertz CT molecular complexity index is 771. The molecule has 0 unspecified atom stereocenters. The quantitative estimate of drug-likeness (QED) is 0.659. The molecule has 6 heteroatoms. The van der Waals surface area contributed by atoms with E-state index in [0.717, 1.165) is 18.4 Å². The third-order valence-electron chi connectivity index (χ3n) is 4.66. The minimum Gasteiger partial charge on any atom is -0.366 e. The first-order chi connectivity index (χ1) is 12.4. The van der Waals surface area contributed by atoms with Crippen LogP contribution in [0, 0.1) is 0 Å². The maximum Gasteiger partial charge on any atom is 0.250 e. The van der Waals surface area contributed by atoms with E-state index in [1.807, 2.05) is 24.3 Å². The molecule has 0 atom stereocenters. The SMILES string of the molecule is CCC(CC)(NCC(=O)Nc1ccccc1C(N)=O)c1ccc(Cl)cc1. The number of hydrogen-bond donors (Lipinski definition) is 3. The summed E-state index contributed by atoms with van der Waals surface area (Å²) in [5.74, 6) is -0.814. The topological polar surface area (TPSA) is 84.2 Å². The molecule has 5 nitrogen and oxygen atoms in total. The Morgan fingerprint density at radius 2 is 1.65 bits per heavy atom. The number of primary amides is 1. The van der Waals surface area contributed by atoms with Crippen molar-refractivity contribution in [1.82, 2.24) is 5.32 Å². The van der Waals surface area contributed by atoms with Crippen molar-refractivity contribution in [3.05, 3.63) is 64.7 Å². The molecule has 0 saturated carbocycles. The monoisotopic (exact) mass is 373 g/mol. The van der Waals surface area contributed by atoms with Crippen LogP contribution in [0.5, 0.6) is 0 Å². The van der Waals surface area contributed by atoms with Crippen molar-refractivity contribution < 1.29 is 9.59 Å². The van der Waals surface area contributed by atoms with Gasteiger partial charge in [-0.1, -0.05) is 49.7 Å². The number of nitrogens with two attached hydrogens (primary N) is 1. The minimum atomic E-state index is -0.577. The van der Waals surface area contributed by atoms with Crippen molar-refractivity contribution in [1.29, 1.82) is 0 Å². The molecule has 4 N–H and O–H groups in total. The van der Waals surface area contributed by atoms with Gasteiger partial charge in [-0.15, -0.1) is 0 Å². The Hall–Kier alpha value is -2.37. The van der Waals surface area contributed by atoms with Crippen molar-refractivity contribution in [3.8, 4) is 0 Å². The van der Waals surface area contributed by atoms with Gasteiger partial charge in [-0.25, -0.2) is 0 Å². The summed E-state index contributed by atoms with van der Waals surface area (Å²) in [5.41, 5.74) is 6.80. The summed E-state index contributed by atoms with van der Waals surface area (Å²) in [6, 6.07) is 14.3. The Morgan fingerprint density at radius 1 is 1.04 bits per heavy atom. The van der Waals surface area contributed by atoms with E-state index in [1.54, 1.807) is 24.3 Å². The lowest BCUT2D eigenvalue weighted by atomic mass is 9.84. The fourth-order valence-electron chi connectivity index (χ4n) is 3.03. The summed E-state index contributed by atoms with van der Waals surface area (Å²) in [7, 11) is 0. The molecule has 0 aliphatic heterocycles. The number of nitrogens with one attached hydrogen (secondary N) is 2. The van der Waals surface area contributed by atoms with E-state index in [9.17, 15) is 9.59 Å². The molecule has 26 heavy (non-hydrogen) atoms. The molecule has 0 saturated heterocycles. The van der Waals surface area contributed by atoms with E-state index < -0.39 is 5.91 Å². The van der Waals surface area contributed by atoms with E-state index in [1.165, 1.54) is 0 Å². The van der Waals surface area contributed by atoms with E-state index in [2.05, 4.69) is 24.5 Å². The predicted octanol–water partition coefficient (Wildman–Crippen LogP) is 3.68. The number of carbonyl (C=O) groups is 2. The van der Waals surface area contributed by atoms with Crippen LogP contribution in [0.2, 0.25) is 5.02 Å². The van der Waals surface area contributed by atoms with Crippen LogP contribution in [0.4, 0.5) is 5.69 Å². The van der Waals surface area contributed by atoms with Gasteiger partial charge in [0.15, 0.2) is 0 Å². The molecule has 0 aliphatic carbocycles. The van der Waals surface area contributed by atoms with Crippen molar-refractivity contribution in [2.75, 3.05) is 11.9 Å². The van der Waals surface area contributed by atoms with Crippen LogP contribution in [-0.2, 0) is 10.3 Å². The minimum absolute atomic E-state index is 0.109. The van der Waals surface area contributed by atoms with Crippen molar-refractivity contribution in [3.63, 3.8) is 0 Å². The number of carbonyl (C=O) groups excluding carboxylic acids is 2. The molecule has 0 spiro atoms. The van der Waals surface area contributed by atoms with Gasteiger partial charge >= 0.3 is 0 Å². The Morgan fingerprint density at radius 3 is 2.23 bits per heavy atom. The summed E-state index contributed by atoms with van der Waals surface area (Å²) in [4.78, 5) is 23.9. The Labute approximate surface area is 158 Å². The van der Waals surface area contributed by atoms with Crippen LogP contribution in [0.25, 0.3) is 0 Å². The molecule has 0 fully saturated rings. The average Bonchev–Trinajstić information content (AvgIpc) is 2.64. The van der Waals surface area contributed by atoms with Crippen molar-refractivity contribution >= 4 is 29.1 Å². The summed E-state index contributed by atoms with van der Waals surface area (Å²) in [5, 5.41) is 6.79. The van der Waals surface area contributed by atoms with Crippen LogP contribution < -0.4 is 16.4 Å². The van der Waals surface area contributed by atoms with Crippen molar-refractivity contribution in [2.24, 2.45) is 5.73 Å². The highest BCUT2D eigenvalue weighted by molar-refractivity contribution is 6.30. The lowest BCUT2D eigenvalue weighted by molar-refractivity contribution is -0.115. The van der Waals surface area contributed by atoms with E-state index >= 15 is 0 Å². The van der Waals surface area contributed by atoms with Gasteiger partial charge in [0.05, 0.1) is 17.8 Å². The summed E-state index contributed by atoms with van der Waals surface area (Å²) < 4.78 is 0. The molecule has 138 valence electrons. The van der Waals surface area contributed by atoms with Gasteiger partial charge in [-0.05, 0) is 42.7 Å². The highest BCUT2D eigenvalue weighted by atomic mass is 35.5. The van der Waals surface area contributed by atoms with E-state index in [4.69, 9.17) is 17.3 Å². The molecule has 0 bridgehead atoms. The molecule has 2 amide bonds. The molecule has 2 aromatic rings. The lowest BCUT2D eigenvalue weighted by Crippen LogP contribution is -2.45. The second-order valence-electron chi connectivity index (χ2n) is 6.11. The number of para-hydroxylation sites is 1. The first kappa shape index (κ1) is 19.9. The number of anilines is 1. The lowest BCUT2D eigenvalue weighted by Gasteiger charge is -2.33. The smallest absolute Gasteiger partial charge is 0.250 e. The fourth-order valence-corrected chi connectivity index (χ4v) is 3.16. The average molecular weight is 374 g/mol. The van der Waals surface area contributed by atoms with E-state index in [0.29, 0.717) is 10.7 Å². The van der Waals surface area contributed by atoms with Gasteiger partial charge in [-0.2, -0.15) is 0 Å². The number of halogens is 1. The zero-order chi connectivity index (χ0) is 19.2. The normalized spacial score (nSPS) is 11.2. The molecule has 0 radical (unpaired) electrons. The third-order valence-corrected chi connectivity index (χ3v) is 4.91. The highest BCUT2D eigenvalue weighted by Gasteiger charge is 2.28. The molecule has 0 aliphatic rings. The number of amides is 2. The van der Waals surface area contributed by atoms with Gasteiger partial charge in [-0.3, -0.25) is 14.9 Å². The second-order valence-corrected chi connectivity index (χ2v) is 6.54. The number of hydrogen-bond acceptors (Lipinski definition) is 3. The fraction of sp³-hybridized carbons (Fsp3) is 0.300. The molecular weight excluding hydrogens is 350 g/mol. The third kappa shape index (κ3) is 4.62. The van der Waals surface area contributed by atoms with Gasteiger partial charge < -0.3 is 11.1 Å². The molecule has 0 aromatic heterocycles. The second kappa shape index (κ2) is 8.83. The first-order valence-corrected chi connectivity index (χ1v) is 8.99. The first-order valence-electron chi connectivity index (χ1n) is 8.61. The summed E-state index contributed by atoms with van der Waals surface area (Å²) >= 11 is 5.98. The maximum absolute atomic E-state index is 12.4. The largest absolute Gasteiger partial charge is 0.366 e. The zero-order valence-electron chi connectivity index (χ0n) is 15.0. The van der Waals surface area contributed by atoms with Gasteiger partial charge in [0, 0.05) is 10.6 Å². The van der Waals surface area contributed by atoms with E-state index in [-0.39, 0.29) is 23.6 Å². The molecule has 2 aromatic carbocycles. The van der Waals surface area contributed by atoms with Gasteiger partial charge in [0.1, 0.15) is 0 Å². The molecular formula is C20H24ClN3O2. The van der Waals surface area contributed by atoms with Crippen LogP contribution in [0.3, 0.4) is 0 Å². The summed E-state index contributed by atoms with van der Waals surface area (Å²) in [6.07, 6.45) is 1.63. The number of benzene rings is 2. The molecule has 2 rings (SSSR count). The molecule has 0 heterocycles.